The highest BCUT2D eigenvalue weighted by Gasteiger charge is 2.15. The minimum Gasteiger partial charge on any atom is -0.492 e. The molecule has 0 aromatic heterocycles. The van der Waals surface area contributed by atoms with Gasteiger partial charge in [-0.25, -0.2) is 8.78 Å². The van der Waals surface area contributed by atoms with Crippen molar-refractivity contribution in [1.82, 2.24) is 10.2 Å². The Morgan fingerprint density at radius 1 is 1.32 bits per heavy atom. The molecular weight excluding hydrogens is 328 g/mol. The van der Waals surface area contributed by atoms with Gasteiger partial charge in [-0.2, -0.15) is 0 Å². The summed E-state index contributed by atoms with van der Waals surface area (Å²) < 4.78 is 36.8. The van der Waals surface area contributed by atoms with E-state index >= 15 is 0 Å². The summed E-state index contributed by atoms with van der Waals surface area (Å²) in [7, 11) is 3.74. The van der Waals surface area contributed by atoms with Crippen LogP contribution >= 0.6 is 0 Å². The Morgan fingerprint density at radius 2 is 2.08 bits per heavy atom. The van der Waals surface area contributed by atoms with Gasteiger partial charge in [0.2, 0.25) is 0 Å². The maximum absolute atomic E-state index is 13.1. The van der Waals surface area contributed by atoms with E-state index in [9.17, 15) is 8.78 Å². The molecule has 5 nitrogen and oxygen atoms in total. The Hall–Kier alpha value is -1.89. The van der Waals surface area contributed by atoms with Crippen LogP contribution in [0.3, 0.4) is 0 Å². The van der Waals surface area contributed by atoms with E-state index in [1.165, 1.54) is 6.07 Å². The van der Waals surface area contributed by atoms with Crippen LogP contribution in [0.2, 0.25) is 0 Å². The highest BCUT2D eigenvalue weighted by atomic mass is 19.2. The van der Waals surface area contributed by atoms with Crippen molar-refractivity contribution in [3.05, 3.63) is 29.8 Å². The maximum Gasteiger partial charge on any atom is 0.193 e. The van der Waals surface area contributed by atoms with Gasteiger partial charge >= 0.3 is 0 Å². The van der Waals surface area contributed by atoms with Crippen molar-refractivity contribution in [2.45, 2.75) is 19.3 Å². The van der Waals surface area contributed by atoms with Crippen LogP contribution in [0, 0.1) is 17.6 Å². The van der Waals surface area contributed by atoms with E-state index in [4.69, 9.17) is 9.47 Å². The van der Waals surface area contributed by atoms with E-state index in [0.717, 1.165) is 57.1 Å². The van der Waals surface area contributed by atoms with Gasteiger partial charge in [0.15, 0.2) is 17.6 Å². The van der Waals surface area contributed by atoms with Crippen LogP contribution in [0.5, 0.6) is 5.75 Å². The number of ether oxygens (including phenoxy) is 2. The van der Waals surface area contributed by atoms with Crippen molar-refractivity contribution >= 4 is 5.96 Å². The summed E-state index contributed by atoms with van der Waals surface area (Å²) in [6, 6.07) is 3.51. The standard InChI is InChI=1S/C18H27F2N3O2/c1-21-18(23(2)9-5-14-6-10-24-11-7-14)22-8-12-25-15-3-4-16(19)17(20)13-15/h3-4,13-14H,5-12H2,1-2H3,(H,21,22). The molecule has 1 fully saturated rings. The summed E-state index contributed by atoms with van der Waals surface area (Å²) in [4.78, 5) is 6.35. The fraction of sp³-hybridized carbons (Fsp3) is 0.611. The Kier molecular flexibility index (Phi) is 7.91. The minimum absolute atomic E-state index is 0.309. The number of nitrogens with zero attached hydrogens (tertiary/aromatic N) is 2. The zero-order chi connectivity index (χ0) is 18.1. The predicted octanol–water partition coefficient (Wildman–Crippen LogP) is 2.67. The van der Waals surface area contributed by atoms with E-state index in [1.807, 2.05) is 7.05 Å². The summed E-state index contributed by atoms with van der Waals surface area (Å²) in [5.41, 5.74) is 0. The lowest BCUT2D eigenvalue weighted by Crippen LogP contribution is -2.41. The molecule has 7 heteroatoms. The lowest BCUT2D eigenvalue weighted by molar-refractivity contribution is 0.0625. The van der Waals surface area contributed by atoms with Gasteiger partial charge in [0.1, 0.15) is 12.4 Å². The van der Waals surface area contributed by atoms with Gasteiger partial charge in [-0.15, -0.1) is 0 Å². The smallest absolute Gasteiger partial charge is 0.193 e. The second kappa shape index (κ2) is 10.2. The van der Waals surface area contributed by atoms with Crippen molar-refractivity contribution in [2.75, 3.05) is 47.0 Å². The second-order valence-electron chi connectivity index (χ2n) is 6.16. The van der Waals surface area contributed by atoms with Crippen LogP contribution in [0.15, 0.2) is 23.2 Å². The first-order valence-corrected chi connectivity index (χ1v) is 8.67. The molecule has 1 saturated heterocycles. The van der Waals surface area contributed by atoms with Crippen LogP contribution in [0.4, 0.5) is 8.78 Å². The topological polar surface area (TPSA) is 46.1 Å². The first-order valence-electron chi connectivity index (χ1n) is 8.67. The minimum atomic E-state index is -0.908. The van der Waals surface area contributed by atoms with Crippen molar-refractivity contribution in [3.8, 4) is 5.75 Å². The van der Waals surface area contributed by atoms with Crippen LogP contribution < -0.4 is 10.1 Å². The van der Waals surface area contributed by atoms with Crippen molar-refractivity contribution in [3.63, 3.8) is 0 Å². The third-order valence-electron chi connectivity index (χ3n) is 4.33. The zero-order valence-electron chi connectivity index (χ0n) is 14.9. The molecule has 0 spiro atoms. The van der Waals surface area contributed by atoms with Crippen LogP contribution in [0.1, 0.15) is 19.3 Å². The van der Waals surface area contributed by atoms with Crippen LogP contribution in [-0.4, -0.2) is 57.9 Å². The summed E-state index contributed by atoms with van der Waals surface area (Å²) in [6.07, 6.45) is 3.37. The number of halogens is 2. The molecule has 0 aliphatic carbocycles. The van der Waals surface area contributed by atoms with Crippen molar-refractivity contribution in [2.24, 2.45) is 10.9 Å². The Bertz CT molecular complexity index is 563. The number of guanidine groups is 1. The molecule has 0 atom stereocenters. The first kappa shape index (κ1) is 19.4. The molecule has 0 bridgehead atoms. The van der Waals surface area contributed by atoms with E-state index < -0.39 is 11.6 Å². The molecule has 1 aliphatic heterocycles. The summed E-state index contributed by atoms with van der Waals surface area (Å²) in [6.45, 7) is 3.50. The summed E-state index contributed by atoms with van der Waals surface area (Å²) in [5.74, 6) is 0.0293. The molecular formula is C18H27F2N3O2. The van der Waals surface area contributed by atoms with Gasteiger partial charge in [-0.05, 0) is 37.3 Å². The Labute approximate surface area is 148 Å². The summed E-state index contributed by atoms with van der Waals surface area (Å²) in [5, 5.41) is 3.21. The van der Waals surface area contributed by atoms with Crippen molar-refractivity contribution in [1.29, 1.82) is 0 Å². The monoisotopic (exact) mass is 355 g/mol. The molecule has 140 valence electrons. The molecule has 1 N–H and O–H groups in total. The van der Waals surface area contributed by atoms with Crippen molar-refractivity contribution < 1.29 is 18.3 Å². The Morgan fingerprint density at radius 3 is 2.76 bits per heavy atom. The first-order chi connectivity index (χ1) is 12.1. The molecule has 1 aromatic carbocycles. The Balaban J connectivity index is 1.67. The van der Waals surface area contributed by atoms with Gasteiger partial charge in [0, 0.05) is 39.9 Å². The molecule has 1 heterocycles. The third-order valence-corrected chi connectivity index (χ3v) is 4.33. The van der Waals surface area contributed by atoms with Gasteiger partial charge in [0.05, 0.1) is 6.54 Å². The van der Waals surface area contributed by atoms with Gasteiger partial charge < -0.3 is 19.7 Å². The predicted molar refractivity (Wildman–Crippen MR) is 94.0 cm³/mol. The average molecular weight is 355 g/mol. The molecule has 25 heavy (non-hydrogen) atoms. The highest BCUT2D eigenvalue weighted by Crippen LogP contribution is 2.18. The molecule has 1 aliphatic rings. The molecule has 0 unspecified atom stereocenters. The maximum atomic E-state index is 13.1. The molecule has 2 rings (SSSR count). The van der Waals surface area contributed by atoms with Crippen LogP contribution in [-0.2, 0) is 4.74 Å². The number of aliphatic imine (C=N–C) groups is 1. The lowest BCUT2D eigenvalue weighted by atomic mass is 9.96. The second-order valence-corrected chi connectivity index (χ2v) is 6.16. The molecule has 0 radical (unpaired) electrons. The molecule has 1 aromatic rings. The number of nitrogens with one attached hydrogen (secondary N) is 1. The number of hydrogen-bond donors (Lipinski definition) is 1. The lowest BCUT2D eigenvalue weighted by Gasteiger charge is -2.26. The SMILES string of the molecule is CN=C(NCCOc1ccc(F)c(F)c1)N(C)CCC1CCOCC1. The van der Waals surface area contributed by atoms with E-state index in [-0.39, 0.29) is 0 Å². The van der Waals surface area contributed by atoms with Gasteiger partial charge in [-0.3, -0.25) is 4.99 Å². The van der Waals surface area contributed by atoms with E-state index in [2.05, 4.69) is 15.2 Å². The van der Waals surface area contributed by atoms with Crippen LogP contribution in [0.25, 0.3) is 0 Å². The third kappa shape index (κ3) is 6.49. The van der Waals surface area contributed by atoms with E-state index in [1.54, 1.807) is 7.05 Å². The zero-order valence-corrected chi connectivity index (χ0v) is 14.9. The largest absolute Gasteiger partial charge is 0.492 e. The summed E-state index contributed by atoms with van der Waals surface area (Å²) >= 11 is 0. The number of benzene rings is 1. The average Bonchev–Trinajstić information content (AvgIpc) is 2.63. The number of hydrogen-bond acceptors (Lipinski definition) is 3. The van der Waals surface area contributed by atoms with E-state index in [0.29, 0.717) is 24.8 Å². The fourth-order valence-electron chi connectivity index (χ4n) is 2.80. The highest BCUT2D eigenvalue weighted by molar-refractivity contribution is 5.79. The molecule has 0 amide bonds. The normalized spacial score (nSPS) is 15.9. The quantitative estimate of drug-likeness (QED) is 0.464. The van der Waals surface area contributed by atoms with Gasteiger partial charge in [-0.1, -0.05) is 0 Å². The number of rotatable bonds is 7. The fourth-order valence-corrected chi connectivity index (χ4v) is 2.80. The molecule has 0 saturated carbocycles. The van der Waals surface area contributed by atoms with Gasteiger partial charge in [0.25, 0.3) is 0 Å².